The van der Waals surface area contributed by atoms with Crippen molar-refractivity contribution in [2.24, 2.45) is 5.73 Å². The van der Waals surface area contributed by atoms with Crippen LogP contribution in [0.4, 0.5) is 0 Å². The van der Waals surface area contributed by atoms with Crippen molar-refractivity contribution in [2.45, 2.75) is 44.8 Å². The molecule has 3 N–H and O–H groups in total. The van der Waals surface area contributed by atoms with Crippen LogP contribution < -0.4 is 11.1 Å². The van der Waals surface area contributed by atoms with Crippen LogP contribution in [0.25, 0.3) is 0 Å². The van der Waals surface area contributed by atoms with Gasteiger partial charge in [0.2, 0.25) is 5.91 Å². The average molecular weight is 275 g/mol. The maximum absolute atomic E-state index is 11.6. The number of likely N-dealkylation sites (tertiary alicyclic amines) is 1. The van der Waals surface area contributed by atoms with Gasteiger partial charge in [0.25, 0.3) is 0 Å². The molecule has 1 aliphatic heterocycles. The van der Waals surface area contributed by atoms with E-state index in [1.54, 1.807) is 6.92 Å². The third-order valence-corrected chi connectivity index (χ3v) is 3.90. The molecule has 1 unspecified atom stereocenters. The molecule has 1 amide bonds. The normalized spacial score (nSPS) is 21.4. The quantitative estimate of drug-likeness (QED) is 0.856. The first-order chi connectivity index (χ1) is 9.66. The van der Waals surface area contributed by atoms with Gasteiger partial charge in [0.15, 0.2) is 0 Å². The van der Waals surface area contributed by atoms with Crippen LogP contribution in [0.2, 0.25) is 0 Å². The fourth-order valence-electron chi connectivity index (χ4n) is 2.70. The molecule has 1 aromatic carbocycles. The van der Waals surface area contributed by atoms with E-state index in [2.05, 4.69) is 34.5 Å². The van der Waals surface area contributed by atoms with Gasteiger partial charge < -0.3 is 11.1 Å². The molecule has 20 heavy (non-hydrogen) atoms. The first-order valence-electron chi connectivity index (χ1n) is 7.48. The van der Waals surface area contributed by atoms with Crippen LogP contribution in [-0.2, 0) is 11.3 Å². The van der Waals surface area contributed by atoms with Gasteiger partial charge in [-0.15, -0.1) is 0 Å². The maximum Gasteiger partial charge on any atom is 0.236 e. The summed E-state index contributed by atoms with van der Waals surface area (Å²) in [6.45, 7) is 4.48. The van der Waals surface area contributed by atoms with E-state index in [0.717, 1.165) is 19.5 Å². The Morgan fingerprint density at radius 1 is 1.40 bits per heavy atom. The van der Waals surface area contributed by atoms with E-state index >= 15 is 0 Å². The van der Waals surface area contributed by atoms with Gasteiger partial charge in [0.05, 0.1) is 6.04 Å². The largest absolute Gasteiger partial charge is 0.353 e. The van der Waals surface area contributed by atoms with Gasteiger partial charge in [-0.05, 0) is 31.9 Å². The number of carbonyl (C=O) groups is 1. The van der Waals surface area contributed by atoms with Crippen molar-refractivity contribution >= 4 is 5.91 Å². The van der Waals surface area contributed by atoms with Gasteiger partial charge in [-0.3, -0.25) is 9.69 Å². The topological polar surface area (TPSA) is 58.4 Å². The van der Waals surface area contributed by atoms with Gasteiger partial charge in [-0.2, -0.15) is 0 Å². The van der Waals surface area contributed by atoms with E-state index in [9.17, 15) is 4.79 Å². The minimum absolute atomic E-state index is 0.0600. The molecule has 0 bridgehead atoms. The molecular formula is C16H25N3O. The number of nitrogens with one attached hydrogen (secondary N) is 1. The molecule has 4 nitrogen and oxygen atoms in total. The van der Waals surface area contributed by atoms with E-state index in [1.807, 2.05) is 6.07 Å². The number of benzene rings is 1. The van der Waals surface area contributed by atoms with Gasteiger partial charge in [-0.1, -0.05) is 36.8 Å². The van der Waals surface area contributed by atoms with Crippen molar-refractivity contribution < 1.29 is 4.79 Å². The zero-order chi connectivity index (χ0) is 14.4. The Hall–Kier alpha value is -1.39. The smallest absolute Gasteiger partial charge is 0.236 e. The van der Waals surface area contributed by atoms with Gasteiger partial charge in [0, 0.05) is 19.1 Å². The van der Waals surface area contributed by atoms with Crippen LogP contribution in [0.15, 0.2) is 30.3 Å². The number of nitrogens with two attached hydrogens (primary N) is 1. The number of piperidine rings is 1. The van der Waals surface area contributed by atoms with E-state index in [4.69, 9.17) is 5.73 Å². The molecule has 0 aromatic heterocycles. The minimum atomic E-state index is -0.429. The lowest BCUT2D eigenvalue weighted by molar-refractivity contribution is -0.122. The number of amides is 1. The highest BCUT2D eigenvalue weighted by molar-refractivity contribution is 5.80. The van der Waals surface area contributed by atoms with Crippen LogP contribution in [0.1, 0.15) is 31.7 Å². The molecule has 1 aliphatic rings. The van der Waals surface area contributed by atoms with Crippen molar-refractivity contribution in [1.82, 2.24) is 10.2 Å². The molecule has 0 saturated carbocycles. The van der Waals surface area contributed by atoms with Gasteiger partial charge >= 0.3 is 0 Å². The molecule has 0 spiro atoms. The molecule has 1 heterocycles. The average Bonchev–Trinajstić information content (AvgIpc) is 2.47. The standard InChI is InChI=1S/C16H25N3O/c1-13(17)16(20)18-11-15-9-5-6-10-19(15)12-14-7-3-2-4-8-14/h2-4,7-8,13,15H,5-6,9-12,17H2,1H3,(H,18,20)/t13?,15-/m0/s1. The zero-order valence-corrected chi connectivity index (χ0v) is 12.2. The molecule has 1 aromatic rings. The van der Waals surface area contributed by atoms with E-state index in [-0.39, 0.29) is 5.91 Å². The third-order valence-electron chi connectivity index (χ3n) is 3.90. The second kappa shape index (κ2) is 7.41. The summed E-state index contributed by atoms with van der Waals surface area (Å²) >= 11 is 0. The number of carbonyl (C=O) groups excluding carboxylic acids is 1. The molecule has 2 atom stereocenters. The predicted octanol–water partition coefficient (Wildman–Crippen LogP) is 1.50. The number of nitrogens with zero attached hydrogens (tertiary/aromatic N) is 1. The van der Waals surface area contributed by atoms with Gasteiger partial charge in [0.1, 0.15) is 0 Å². The summed E-state index contributed by atoms with van der Waals surface area (Å²) in [6, 6.07) is 10.5. The SMILES string of the molecule is CC(N)C(=O)NC[C@@H]1CCCCN1Cc1ccccc1. The Morgan fingerprint density at radius 3 is 2.85 bits per heavy atom. The summed E-state index contributed by atoms with van der Waals surface area (Å²) in [5.74, 6) is -0.0600. The van der Waals surface area contributed by atoms with Crippen LogP contribution in [0.5, 0.6) is 0 Å². The zero-order valence-electron chi connectivity index (χ0n) is 12.2. The minimum Gasteiger partial charge on any atom is -0.353 e. The molecule has 2 rings (SSSR count). The predicted molar refractivity (Wildman–Crippen MR) is 81.2 cm³/mol. The molecular weight excluding hydrogens is 250 g/mol. The second-order valence-electron chi connectivity index (χ2n) is 5.64. The molecule has 110 valence electrons. The van der Waals surface area contributed by atoms with Crippen molar-refractivity contribution in [3.63, 3.8) is 0 Å². The first-order valence-corrected chi connectivity index (χ1v) is 7.48. The summed E-state index contributed by atoms with van der Waals surface area (Å²) in [6.07, 6.45) is 3.63. The Balaban J connectivity index is 1.90. The highest BCUT2D eigenvalue weighted by Crippen LogP contribution is 2.19. The summed E-state index contributed by atoms with van der Waals surface area (Å²) in [4.78, 5) is 14.1. The molecule has 1 saturated heterocycles. The lowest BCUT2D eigenvalue weighted by Gasteiger charge is -2.36. The monoisotopic (exact) mass is 275 g/mol. The van der Waals surface area contributed by atoms with Crippen LogP contribution in [-0.4, -0.2) is 36.0 Å². The van der Waals surface area contributed by atoms with Crippen molar-refractivity contribution in [3.05, 3.63) is 35.9 Å². The fourth-order valence-corrected chi connectivity index (χ4v) is 2.70. The Labute approximate surface area is 121 Å². The third kappa shape index (κ3) is 4.32. The summed E-state index contributed by atoms with van der Waals surface area (Å²) in [7, 11) is 0. The molecule has 0 aliphatic carbocycles. The molecule has 1 fully saturated rings. The highest BCUT2D eigenvalue weighted by atomic mass is 16.2. The van der Waals surface area contributed by atoms with E-state index in [1.165, 1.54) is 18.4 Å². The number of rotatable bonds is 5. The lowest BCUT2D eigenvalue weighted by atomic mass is 10.0. The first kappa shape index (κ1) is 15.0. The van der Waals surface area contributed by atoms with E-state index < -0.39 is 6.04 Å². The Kier molecular flexibility index (Phi) is 5.56. The van der Waals surface area contributed by atoms with Crippen molar-refractivity contribution in [1.29, 1.82) is 0 Å². The fraction of sp³-hybridized carbons (Fsp3) is 0.562. The Morgan fingerprint density at radius 2 is 2.15 bits per heavy atom. The number of hydrogen-bond donors (Lipinski definition) is 2. The van der Waals surface area contributed by atoms with Gasteiger partial charge in [-0.25, -0.2) is 0 Å². The maximum atomic E-state index is 11.6. The second-order valence-corrected chi connectivity index (χ2v) is 5.64. The van der Waals surface area contributed by atoms with Crippen molar-refractivity contribution in [3.8, 4) is 0 Å². The molecule has 0 radical (unpaired) electrons. The molecule has 4 heteroatoms. The van der Waals surface area contributed by atoms with Crippen LogP contribution in [0.3, 0.4) is 0 Å². The Bertz CT molecular complexity index is 419. The van der Waals surface area contributed by atoms with E-state index in [0.29, 0.717) is 12.6 Å². The lowest BCUT2D eigenvalue weighted by Crippen LogP contribution is -2.48. The van der Waals surface area contributed by atoms with Crippen LogP contribution >= 0.6 is 0 Å². The van der Waals surface area contributed by atoms with Crippen molar-refractivity contribution in [2.75, 3.05) is 13.1 Å². The highest BCUT2D eigenvalue weighted by Gasteiger charge is 2.23. The number of hydrogen-bond acceptors (Lipinski definition) is 3. The summed E-state index contributed by atoms with van der Waals surface area (Å²) < 4.78 is 0. The van der Waals surface area contributed by atoms with Crippen LogP contribution in [0, 0.1) is 0 Å². The summed E-state index contributed by atoms with van der Waals surface area (Å²) in [5, 5.41) is 2.96. The summed E-state index contributed by atoms with van der Waals surface area (Å²) in [5.41, 5.74) is 6.92.